The molecule has 0 N–H and O–H groups in total. The fraction of sp³-hybridized carbons (Fsp3) is 0.217. The van der Waals surface area contributed by atoms with E-state index in [9.17, 15) is 18.4 Å². The van der Waals surface area contributed by atoms with E-state index < -0.39 is 35.6 Å². The second kappa shape index (κ2) is 8.82. The van der Waals surface area contributed by atoms with Crippen molar-refractivity contribution in [3.8, 4) is 0 Å². The lowest BCUT2D eigenvalue weighted by Gasteiger charge is -2.10. The number of benzene rings is 2. The zero-order chi connectivity index (χ0) is 21.0. The van der Waals surface area contributed by atoms with Gasteiger partial charge in [0.2, 0.25) is 5.78 Å². The van der Waals surface area contributed by atoms with Gasteiger partial charge in [-0.1, -0.05) is 36.4 Å². The molecule has 0 fully saturated rings. The van der Waals surface area contributed by atoms with Crippen LogP contribution in [0.4, 0.5) is 8.78 Å². The lowest BCUT2D eigenvalue weighted by atomic mass is 10.1. The molecule has 29 heavy (non-hydrogen) atoms. The van der Waals surface area contributed by atoms with E-state index in [2.05, 4.69) is 0 Å². The first-order valence-electron chi connectivity index (χ1n) is 9.23. The van der Waals surface area contributed by atoms with Crippen LogP contribution in [0.25, 0.3) is 0 Å². The number of rotatable bonds is 7. The predicted molar refractivity (Wildman–Crippen MR) is 105 cm³/mol. The first-order valence-corrected chi connectivity index (χ1v) is 9.23. The van der Waals surface area contributed by atoms with Crippen molar-refractivity contribution < 1.29 is 23.1 Å². The monoisotopic (exact) mass is 397 g/mol. The Balaban J connectivity index is 1.67. The molecule has 150 valence electrons. The maximum Gasteiger partial charge on any atom is 0.344 e. The standard InChI is InChI=1S/C23H21F2NO3/c1-15-13-18(16(2)26(15)12-11-17-7-4-3-5-8-17)21(27)14-29-23(28)22-19(24)9-6-10-20(22)25/h3-10,13H,11-12,14H2,1-2H3. The fourth-order valence-electron chi connectivity index (χ4n) is 3.29. The summed E-state index contributed by atoms with van der Waals surface area (Å²) >= 11 is 0. The van der Waals surface area contributed by atoms with Crippen LogP contribution in [0.2, 0.25) is 0 Å². The number of Topliss-reactive ketones (excluding diaryl/α,β-unsaturated/α-hetero) is 1. The van der Waals surface area contributed by atoms with E-state index in [4.69, 9.17) is 4.74 Å². The highest BCUT2D eigenvalue weighted by atomic mass is 19.1. The van der Waals surface area contributed by atoms with Gasteiger partial charge in [0, 0.05) is 23.5 Å². The van der Waals surface area contributed by atoms with Gasteiger partial charge in [-0.2, -0.15) is 0 Å². The third-order valence-corrected chi connectivity index (χ3v) is 4.84. The Bertz CT molecular complexity index is 1020. The largest absolute Gasteiger partial charge is 0.454 e. The van der Waals surface area contributed by atoms with Crippen molar-refractivity contribution in [2.45, 2.75) is 26.8 Å². The maximum atomic E-state index is 13.7. The molecule has 3 rings (SSSR count). The third-order valence-electron chi connectivity index (χ3n) is 4.84. The quantitative estimate of drug-likeness (QED) is 0.430. The number of hydrogen-bond donors (Lipinski definition) is 0. The predicted octanol–water partition coefficient (Wildman–Crippen LogP) is 4.67. The molecule has 3 aromatic rings. The number of ether oxygens (including phenoxy) is 1. The van der Waals surface area contributed by atoms with Crippen LogP contribution >= 0.6 is 0 Å². The van der Waals surface area contributed by atoms with Crippen molar-refractivity contribution in [2.75, 3.05) is 6.61 Å². The van der Waals surface area contributed by atoms with Crippen molar-refractivity contribution in [2.24, 2.45) is 0 Å². The normalized spacial score (nSPS) is 10.8. The van der Waals surface area contributed by atoms with Crippen LogP contribution in [-0.4, -0.2) is 22.9 Å². The van der Waals surface area contributed by atoms with Gasteiger partial charge in [-0.25, -0.2) is 13.6 Å². The number of aromatic nitrogens is 1. The molecule has 0 amide bonds. The van der Waals surface area contributed by atoms with Gasteiger partial charge in [0.25, 0.3) is 0 Å². The Labute approximate surface area is 167 Å². The van der Waals surface area contributed by atoms with Gasteiger partial charge in [-0.15, -0.1) is 0 Å². The van der Waals surface area contributed by atoms with Gasteiger partial charge in [0.15, 0.2) is 6.61 Å². The van der Waals surface area contributed by atoms with Gasteiger partial charge in [-0.3, -0.25) is 4.79 Å². The van der Waals surface area contributed by atoms with E-state index in [-0.39, 0.29) is 0 Å². The summed E-state index contributed by atoms with van der Waals surface area (Å²) in [5.74, 6) is -3.68. The van der Waals surface area contributed by atoms with Crippen LogP contribution in [0, 0.1) is 25.5 Å². The second-order valence-electron chi connectivity index (χ2n) is 6.77. The number of ketones is 1. The molecule has 0 radical (unpaired) electrons. The summed E-state index contributed by atoms with van der Waals surface area (Å²) in [4.78, 5) is 24.5. The minimum absolute atomic E-state index is 0.422. The number of nitrogens with zero attached hydrogens (tertiary/aromatic N) is 1. The van der Waals surface area contributed by atoms with Crippen molar-refractivity contribution in [3.05, 3.63) is 94.3 Å². The molecule has 0 aliphatic heterocycles. The SMILES string of the molecule is Cc1cc(C(=O)COC(=O)c2c(F)cccc2F)c(C)n1CCc1ccccc1. The summed E-state index contributed by atoms with van der Waals surface area (Å²) in [6.45, 7) is 3.84. The lowest BCUT2D eigenvalue weighted by Crippen LogP contribution is -2.17. The molecule has 0 atom stereocenters. The van der Waals surface area contributed by atoms with E-state index >= 15 is 0 Å². The van der Waals surface area contributed by atoms with E-state index in [1.54, 1.807) is 6.07 Å². The van der Waals surface area contributed by atoms with Gasteiger partial charge in [0.1, 0.15) is 17.2 Å². The Kier molecular flexibility index (Phi) is 6.22. The van der Waals surface area contributed by atoms with Gasteiger partial charge < -0.3 is 9.30 Å². The average Bonchev–Trinajstić information content (AvgIpc) is 2.99. The Morgan fingerprint density at radius 2 is 1.62 bits per heavy atom. The number of halogens is 2. The molecule has 0 saturated carbocycles. The summed E-state index contributed by atoms with van der Waals surface area (Å²) in [5.41, 5.74) is 2.49. The van der Waals surface area contributed by atoms with Crippen LogP contribution in [0.1, 0.15) is 37.7 Å². The zero-order valence-electron chi connectivity index (χ0n) is 16.2. The minimum atomic E-state index is -1.20. The highest BCUT2D eigenvalue weighted by Crippen LogP contribution is 2.18. The van der Waals surface area contributed by atoms with E-state index in [0.29, 0.717) is 12.1 Å². The molecule has 4 nitrogen and oxygen atoms in total. The van der Waals surface area contributed by atoms with Crippen LogP contribution < -0.4 is 0 Å². The molecule has 0 aliphatic rings. The maximum absolute atomic E-state index is 13.7. The Morgan fingerprint density at radius 3 is 2.28 bits per heavy atom. The summed E-state index contributed by atoms with van der Waals surface area (Å²) in [7, 11) is 0. The van der Waals surface area contributed by atoms with Crippen LogP contribution in [0.3, 0.4) is 0 Å². The van der Waals surface area contributed by atoms with E-state index in [1.807, 2.05) is 48.7 Å². The smallest absolute Gasteiger partial charge is 0.344 e. The molecule has 0 saturated heterocycles. The number of esters is 1. The summed E-state index contributed by atoms with van der Waals surface area (Å²) < 4.78 is 34.2. The first-order chi connectivity index (χ1) is 13.9. The first kappa shape index (κ1) is 20.5. The van der Waals surface area contributed by atoms with Crippen LogP contribution in [0.15, 0.2) is 54.6 Å². The molecular formula is C23H21F2NO3. The van der Waals surface area contributed by atoms with Gasteiger partial charge in [0.05, 0.1) is 0 Å². The molecule has 6 heteroatoms. The minimum Gasteiger partial charge on any atom is -0.454 e. The molecule has 1 heterocycles. The molecular weight excluding hydrogens is 376 g/mol. The van der Waals surface area contributed by atoms with Crippen molar-refractivity contribution in [1.29, 1.82) is 0 Å². The van der Waals surface area contributed by atoms with Crippen LogP contribution in [0.5, 0.6) is 0 Å². The van der Waals surface area contributed by atoms with Crippen molar-refractivity contribution in [1.82, 2.24) is 4.57 Å². The topological polar surface area (TPSA) is 48.3 Å². The van der Waals surface area contributed by atoms with Crippen molar-refractivity contribution >= 4 is 11.8 Å². The number of hydrogen-bond acceptors (Lipinski definition) is 3. The zero-order valence-corrected chi connectivity index (χ0v) is 16.2. The summed E-state index contributed by atoms with van der Waals surface area (Å²) in [5, 5.41) is 0. The van der Waals surface area contributed by atoms with Gasteiger partial charge in [-0.05, 0) is 44.0 Å². The number of carbonyl (C=O) groups is 2. The number of carbonyl (C=O) groups excluding carboxylic acids is 2. The van der Waals surface area contributed by atoms with E-state index in [0.717, 1.165) is 36.0 Å². The Hall–Kier alpha value is -3.28. The van der Waals surface area contributed by atoms with Crippen molar-refractivity contribution in [3.63, 3.8) is 0 Å². The molecule has 0 aliphatic carbocycles. The van der Waals surface area contributed by atoms with Gasteiger partial charge >= 0.3 is 5.97 Å². The van der Waals surface area contributed by atoms with E-state index in [1.165, 1.54) is 5.56 Å². The van der Waals surface area contributed by atoms with Crippen LogP contribution in [-0.2, 0) is 17.7 Å². The molecule has 1 aromatic heterocycles. The second-order valence-corrected chi connectivity index (χ2v) is 6.77. The third kappa shape index (κ3) is 4.59. The lowest BCUT2D eigenvalue weighted by molar-refractivity contribution is 0.0465. The molecule has 2 aromatic carbocycles. The molecule has 0 unspecified atom stereocenters. The summed E-state index contributed by atoms with van der Waals surface area (Å²) in [6, 6.07) is 14.8. The number of aryl methyl sites for hydroxylation is 2. The molecule has 0 bridgehead atoms. The highest BCUT2D eigenvalue weighted by molar-refractivity contribution is 6.00. The highest BCUT2D eigenvalue weighted by Gasteiger charge is 2.21. The fourth-order valence-corrected chi connectivity index (χ4v) is 3.29. The Morgan fingerprint density at radius 1 is 0.966 bits per heavy atom. The average molecular weight is 397 g/mol. The summed E-state index contributed by atoms with van der Waals surface area (Å²) in [6.07, 6.45) is 0.812. The molecule has 0 spiro atoms.